The van der Waals surface area contributed by atoms with E-state index in [0.717, 1.165) is 5.56 Å². The highest BCUT2D eigenvalue weighted by Gasteiger charge is 2.11. The van der Waals surface area contributed by atoms with Crippen molar-refractivity contribution in [2.24, 2.45) is 5.92 Å². The van der Waals surface area contributed by atoms with E-state index in [9.17, 15) is 4.39 Å². The van der Waals surface area contributed by atoms with Crippen LogP contribution in [0.15, 0.2) is 24.3 Å². The van der Waals surface area contributed by atoms with Gasteiger partial charge in [0.25, 0.3) is 0 Å². The average molecular weight is 267 g/mol. The lowest BCUT2D eigenvalue weighted by Crippen LogP contribution is -3.00. The number of quaternary nitrogens is 1. The van der Waals surface area contributed by atoms with Crippen molar-refractivity contribution in [3.05, 3.63) is 47.1 Å². The Kier molecular flexibility index (Phi) is 5.84. The quantitative estimate of drug-likeness (QED) is 0.688. The number of hydrogen-bond acceptors (Lipinski definition) is 0. The molecule has 1 fully saturated rings. The van der Waals surface area contributed by atoms with Gasteiger partial charge in [0.2, 0.25) is 5.69 Å². The van der Waals surface area contributed by atoms with Crippen LogP contribution < -0.4 is 17.7 Å². The first kappa shape index (κ1) is 14.7. The van der Waals surface area contributed by atoms with Crippen molar-refractivity contribution >= 4 is 11.8 Å². The lowest BCUT2D eigenvalue weighted by Gasteiger charge is -2.16. The van der Waals surface area contributed by atoms with E-state index < -0.39 is 5.82 Å². The Morgan fingerprint density at radius 1 is 1.33 bits per heavy atom. The number of allylic oxidation sites excluding steroid dienone is 1. The highest BCUT2D eigenvalue weighted by Crippen LogP contribution is 2.21. The first-order chi connectivity index (χ1) is 8.29. The van der Waals surface area contributed by atoms with E-state index in [4.69, 9.17) is 6.57 Å². The van der Waals surface area contributed by atoms with Gasteiger partial charge < -0.3 is 17.7 Å². The summed E-state index contributed by atoms with van der Waals surface area (Å²) < 4.78 is 13.1. The molecule has 18 heavy (non-hydrogen) atoms. The van der Waals surface area contributed by atoms with Crippen molar-refractivity contribution < 1.29 is 22.1 Å². The molecule has 0 aliphatic carbocycles. The molecule has 4 heteroatoms. The number of nitrogens with two attached hydrogens (primary N) is 1. The molecule has 1 aliphatic heterocycles. The van der Waals surface area contributed by atoms with Crippen LogP contribution >= 0.6 is 0 Å². The number of piperidine rings is 1. The molecule has 1 aromatic rings. The summed E-state index contributed by atoms with van der Waals surface area (Å²) in [4.78, 5) is 3.16. The zero-order valence-corrected chi connectivity index (χ0v) is 10.8. The summed E-state index contributed by atoms with van der Waals surface area (Å²) in [7, 11) is 0. The standard InChI is InChI=1S/C14H15FN2.ClH/c1-16-14-10-12(4-5-13(14)15)3-2-11-6-8-17-9-7-11;/h2-5,10-11,17H,6-9H2;1H/b3-2+;. The molecule has 0 unspecified atom stereocenters. The second-order valence-corrected chi connectivity index (χ2v) is 4.39. The van der Waals surface area contributed by atoms with E-state index >= 15 is 0 Å². The molecule has 0 atom stereocenters. The molecular weight excluding hydrogens is 251 g/mol. The van der Waals surface area contributed by atoms with E-state index in [0.29, 0.717) is 5.92 Å². The Balaban J connectivity index is 0.00000162. The fraction of sp³-hybridized carbons (Fsp3) is 0.357. The maximum atomic E-state index is 13.1. The maximum Gasteiger partial charge on any atom is 0.222 e. The molecule has 1 saturated heterocycles. The predicted molar refractivity (Wildman–Crippen MR) is 66.1 cm³/mol. The number of benzene rings is 1. The topological polar surface area (TPSA) is 21.0 Å². The molecule has 2 nitrogen and oxygen atoms in total. The molecule has 1 aromatic carbocycles. The summed E-state index contributed by atoms with van der Waals surface area (Å²) in [5.74, 6) is 0.186. The summed E-state index contributed by atoms with van der Waals surface area (Å²) in [6.07, 6.45) is 6.60. The third-order valence-corrected chi connectivity index (χ3v) is 3.13. The number of nitrogens with zero attached hydrogens (tertiary/aromatic N) is 1. The van der Waals surface area contributed by atoms with Gasteiger partial charge in [-0.25, -0.2) is 9.24 Å². The van der Waals surface area contributed by atoms with Gasteiger partial charge >= 0.3 is 0 Å². The van der Waals surface area contributed by atoms with Crippen LogP contribution in [0.25, 0.3) is 10.9 Å². The van der Waals surface area contributed by atoms with Crippen molar-refractivity contribution in [3.8, 4) is 0 Å². The fourth-order valence-electron chi connectivity index (χ4n) is 2.11. The van der Waals surface area contributed by atoms with E-state index in [1.54, 1.807) is 12.1 Å². The normalized spacial score (nSPS) is 16.2. The van der Waals surface area contributed by atoms with Crippen LogP contribution in [0.5, 0.6) is 0 Å². The second kappa shape index (κ2) is 7.15. The molecule has 0 amide bonds. The third kappa shape index (κ3) is 3.83. The highest BCUT2D eigenvalue weighted by molar-refractivity contribution is 5.58. The van der Waals surface area contributed by atoms with Gasteiger partial charge in [0.15, 0.2) is 0 Å². The zero-order valence-electron chi connectivity index (χ0n) is 10.1. The summed E-state index contributed by atoms with van der Waals surface area (Å²) in [5, 5.41) is 2.33. The second-order valence-electron chi connectivity index (χ2n) is 4.39. The Labute approximate surface area is 113 Å². The first-order valence-corrected chi connectivity index (χ1v) is 5.96. The summed E-state index contributed by atoms with van der Waals surface area (Å²) in [6, 6.07) is 4.69. The molecule has 0 saturated carbocycles. The van der Waals surface area contributed by atoms with Gasteiger partial charge in [-0.3, -0.25) is 0 Å². The van der Waals surface area contributed by atoms with Gasteiger partial charge in [0.1, 0.15) is 5.82 Å². The molecule has 0 radical (unpaired) electrons. The Morgan fingerprint density at radius 3 is 2.72 bits per heavy atom. The smallest absolute Gasteiger partial charge is 0.222 e. The van der Waals surface area contributed by atoms with Crippen molar-refractivity contribution in [2.45, 2.75) is 12.8 Å². The van der Waals surface area contributed by atoms with Gasteiger partial charge in [-0.15, -0.1) is 0 Å². The lowest BCUT2D eigenvalue weighted by atomic mass is 9.97. The van der Waals surface area contributed by atoms with Crippen molar-refractivity contribution in [1.82, 2.24) is 0 Å². The van der Waals surface area contributed by atoms with E-state index in [2.05, 4.69) is 16.2 Å². The van der Waals surface area contributed by atoms with Gasteiger partial charge in [0, 0.05) is 12.8 Å². The third-order valence-electron chi connectivity index (χ3n) is 3.13. The summed E-state index contributed by atoms with van der Waals surface area (Å²) >= 11 is 0. The zero-order chi connectivity index (χ0) is 12.1. The lowest BCUT2D eigenvalue weighted by molar-refractivity contribution is -0.664. The Hall–Kier alpha value is -1.37. The van der Waals surface area contributed by atoms with Crippen LogP contribution in [-0.4, -0.2) is 13.1 Å². The Bertz CT molecular complexity index is 459. The van der Waals surface area contributed by atoms with Gasteiger partial charge in [-0.2, -0.15) is 0 Å². The predicted octanol–water partition coefficient (Wildman–Crippen LogP) is -0.633. The van der Waals surface area contributed by atoms with Crippen LogP contribution in [0.1, 0.15) is 18.4 Å². The van der Waals surface area contributed by atoms with Gasteiger partial charge in [-0.05, 0) is 23.6 Å². The molecule has 0 spiro atoms. The number of rotatable bonds is 2. The van der Waals surface area contributed by atoms with Crippen LogP contribution in [0.3, 0.4) is 0 Å². The minimum absolute atomic E-state index is 0. The minimum atomic E-state index is -0.440. The van der Waals surface area contributed by atoms with Crippen LogP contribution in [0.4, 0.5) is 10.1 Å². The fourth-order valence-corrected chi connectivity index (χ4v) is 2.11. The molecule has 96 valence electrons. The summed E-state index contributed by atoms with van der Waals surface area (Å²) in [5.41, 5.74) is 1.01. The van der Waals surface area contributed by atoms with Crippen LogP contribution in [0, 0.1) is 18.3 Å². The minimum Gasteiger partial charge on any atom is -1.00 e. The first-order valence-electron chi connectivity index (χ1n) is 5.96. The summed E-state index contributed by atoms with van der Waals surface area (Å²) in [6.45, 7) is 9.24. The largest absolute Gasteiger partial charge is 1.00 e. The Morgan fingerprint density at radius 2 is 2.06 bits per heavy atom. The molecule has 0 aromatic heterocycles. The van der Waals surface area contributed by atoms with Gasteiger partial charge in [-0.1, -0.05) is 18.2 Å². The van der Waals surface area contributed by atoms with Crippen molar-refractivity contribution in [3.63, 3.8) is 0 Å². The molecule has 1 aliphatic rings. The number of halogens is 2. The highest BCUT2D eigenvalue weighted by atomic mass is 35.5. The van der Waals surface area contributed by atoms with Crippen molar-refractivity contribution in [2.75, 3.05) is 13.1 Å². The van der Waals surface area contributed by atoms with Gasteiger partial charge in [0.05, 0.1) is 19.7 Å². The maximum absolute atomic E-state index is 13.1. The molecule has 1 heterocycles. The number of hydrogen-bond donors (Lipinski definition) is 1. The van der Waals surface area contributed by atoms with Crippen molar-refractivity contribution in [1.29, 1.82) is 0 Å². The molecule has 0 bridgehead atoms. The average Bonchev–Trinajstić information content (AvgIpc) is 2.39. The van der Waals surface area contributed by atoms with Crippen LogP contribution in [0.2, 0.25) is 0 Å². The molecule has 2 N–H and O–H groups in total. The van der Waals surface area contributed by atoms with E-state index in [1.165, 1.54) is 32.0 Å². The SMILES string of the molecule is [C-]#[N+]c1cc(/C=C/C2CC[NH2+]CC2)ccc1F.[Cl-]. The van der Waals surface area contributed by atoms with E-state index in [-0.39, 0.29) is 18.1 Å². The van der Waals surface area contributed by atoms with E-state index in [1.807, 2.05) is 6.08 Å². The molecule has 2 rings (SSSR count). The molecular formula is C14H16ClFN2. The van der Waals surface area contributed by atoms with Crippen LogP contribution in [-0.2, 0) is 0 Å². The monoisotopic (exact) mass is 266 g/mol.